The van der Waals surface area contributed by atoms with Gasteiger partial charge in [-0.15, -0.1) is 0 Å². The lowest BCUT2D eigenvalue weighted by molar-refractivity contribution is -0.123. The van der Waals surface area contributed by atoms with E-state index in [9.17, 15) is 19.6 Å². The lowest BCUT2D eigenvalue weighted by Crippen LogP contribution is -2.40. The summed E-state index contributed by atoms with van der Waals surface area (Å²) in [4.78, 5) is 47.5. The highest BCUT2D eigenvalue weighted by Gasteiger charge is 2.27. The van der Waals surface area contributed by atoms with Gasteiger partial charge in [-0.2, -0.15) is 5.26 Å². The molecule has 2 aliphatic heterocycles. The Labute approximate surface area is 220 Å². The number of methoxy groups -OCH3 is 1. The number of fused-ring (bicyclic) bond motifs is 1. The molecule has 2 aromatic heterocycles. The van der Waals surface area contributed by atoms with E-state index in [0.29, 0.717) is 68.1 Å². The van der Waals surface area contributed by atoms with E-state index in [0.717, 1.165) is 18.4 Å². The van der Waals surface area contributed by atoms with Crippen LogP contribution in [0.1, 0.15) is 52.9 Å². The zero-order chi connectivity index (χ0) is 26.9. The molecule has 0 aromatic carbocycles. The summed E-state index contributed by atoms with van der Waals surface area (Å²) in [6.45, 7) is 2.19. The number of aromatic nitrogens is 2. The fourth-order valence-corrected chi connectivity index (χ4v) is 4.50. The Bertz CT molecular complexity index is 1220. The van der Waals surface area contributed by atoms with Gasteiger partial charge in [-0.1, -0.05) is 0 Å². The molecule has 38 heavy (non-hydrogen) atoms. The van der Waals surface area contributed by atoms with Gasteiger partial charge < -0.3 is 20.1 Å². The normalized spacial score (nSPS) is 16.3. The van der Waals surface area contributed by atoms with E-state index in [1.165, 1.54) is 11.1 Å². The summed E-state index contributed by atoms with van der Waals surface area (Å²) >= 11 is 0. The summed E-state index contributed by atoms with van der Waals surface area (Å²) < 4.78 is 10.5. The molecule has 0 bridgehead atoms. The van der Waals surface area contributed by atoms with Gasteiger partial charge in [0.1, 0.15) is 23.4 Å². The molecule has 2 aromatic rings. The largest absolute Gasteiger partial charge is 0.383 e. The van der Waals surface area contributed by atoms with Gasteiger partial charge in [-0.05, 0) is 37.3 Å². The van der Waals surface area contributed by atoms with Crippen LogP contribution in [0.25, 0.3) is 0 Å². The number of ether oxygens (including phenoxy) is 2. The molecule has 1 saturated heterocycles. The van der Waals surface area contributed by atoms with Crippen LogP contribution in [0, 0.1) is 11.3 Å². The van der Waals surface area contributed by atoms with E-state index < -0.39 is 6.03 Å². The van der Waals surface area contributed by atoms with Crippen LogP contribution >= 0.6 is 0 Å². The van der Waals surface area contributed by atoms with E-state index >= 15 is 0 Å². The Morgan fingerprint density at radius 1 is 1.34 bits per heavy atom. The van der Waals surface area contributed by atoms with Crippen LogP contribution in [0.15, 0.2) is 18.3 Å². The number of urea groups is 1. The zero-order valence-electron chi connectivity index (χ0n) is 21.3. The fourth-order valence-electron chi connectivity index (χ4n) is 4.50. The number of rotatable bonds is 10. The monoisotopic (exact) mass is 521 g/mol. The van der Waals surface area contributed by atoms with Crippen molar-refractivity contribution in [1.82, 2.24) is 15.3 Å². The van der Waals surface area contributed by atoms with Gasteiger partial charge in [0.2, 0.25) is 5.91 Å². The predicted molar refractivity (Wildman–Crippen MR) is 139 cm³/mol. The second kappa shape index (κ2) is 12.9. The SMILES string of the molecule is COCCNc1cc(NC(=O)N2CCCc3cc(CNC(=O)C[C@@H]4CCCO4)c(C=O)nc32)ncc1C#N. The van der Waals surface area contributed by atoms with Crippen molar-refractivity contribution in [3.8, 4) is 6.07 Å². The number of aryl methyl sites for hydroxylation is 1. The first-order valence-electron chi connectivity index (χ1n) is 12.6. The third-order valence-corrected chi connectivity index (χ3v) is 6.43. The number of carbonyl (C=O) groups excluding carboxylic acids is 3. The Balaban J connectivity index is 1.46. The van der Waals surface area contributed by atoms with E-state index in [2.05, 4.69) is 32.0 Å². The van der Waals surface area contributed by atoms with E-state index in [4.69, 9.17) is 9.47 Å². The summed E-state index contributed by atoms with van der Waals surface area (Å²) in [6.07, 6.45) is 5.47. The quantitative estimate of drug-likeness (QED) is 0.315. The van der Waals surface area contributed by atoms with Crippen LogP contribution in [0.5, 0.6) is 0 Å². The minimum atomic E-state index is -0.451. The van der Waals surface area contributed by atoms with Crippen LogP contribution in [0.4, 0.5) is 22.1 Å². The summed E-state index contributed by atoms with van der Waals surface area (Å²) in [5, 5.41) is 18.0. The predicted octanol–water partition coefficient (Wildman–Crippen LogP) is 2.39. The Hall–Kier alpha value is -4.08. The molecule has 12 heteroatoms. The number of pyridine rings is 2. The maximum atomic E-state index is 13.2. The topological polar surface area (TPSA) is 159 Å². The van der Waals surface area contributed by atoms with Gasteiger partial charge in [0.15, 0.2) is 6.29 Å². The highest BCUT2D eigenvalue weighted by molar-refractivity contribution is 6.01. The summed E-state index contributed by atoms with van der Waals surface area (Å²) in [6, 6.07) is 5.03. The number of aldehydes is 1. The van der Waals surface area contributed by atoms with Crippen molar-refractivity contribution in [1.29, 1.82) is 5.26 Å². The molecule has 0 aliphatic carbocycles. The van der Waals surface area contributed by atoms with Crippen LogP contribution in [0.2, 0.25) is 0 Å². The van der Waals surface area contributed by atoms with Crippen molar-refractivity contribution in [2.24, 2.45) is 0 Å². The molecule has 1 atom stereocenters. The molecule has 4 heterocycles. The fraction of sp³-hybridized carbons (Fsp3) is 0.462. The molecule has 1 fully saturated rings. The lowest BCUT2D eigenvalue weighted by atomic mass is 10.0. The molecule has 0 spiro atoms. The molecule has 0 unspecified atom stereocenters. The molecule has 0 saturated carbocycles. The van der Waals surface area contributed by atoms with Gasteiger partial charge in [-0.25, -0.2) is 14.8 Å². The van der Waals surface area contributed by atoms with Gasteiger partial charge in [0.25, 0.3) is 0 Å². The standard InChI is InChI=1S/C26H31N7O5/c1-37-9-6-28-21-12-23(29-15-19(21)13-27)32-26(36)33-7-2-4-17-10-18(22(16-34)31-25(17)33)14-30-24(35)11-20-5-3-8-38-20/h10,12,15-16,20H,2-9,11,14H2,1H3,(H,30,35)(H2,28,29,32,36)/t20-/m0/s1. The minimum Gasteiger partial charge on any atom is -0.383 e. The first kappa shape index (κ1) is 27.0. The third kappa shape index (κ3) is 6.62. The number of nitrogens with zero attached hydrogens (tertiary/aromatic N) is 4. The summed E-state index contributed by atoms with van der Waals surface area (Å²) in [5.41, 5.74) is 2.45. The van der Waals surface area contributed by atoms with Gasteiger partial charge >= 0.3 is 6.03 Å². The molecule has 0 radical (unpaired) electrons. The highest BCUT2D eigenvalue weighted by atomic mass is 16.5. The molecule has 3 N–H and O–H groups in total. The number of nitriles is 1. The molecular weight excluding hydrogens is 490 g/mol. The number of anilines is 3. The van der Waals surface area contributed by atoms with Crippen LogP contribution < -0.4 is 20.9 Å². The van der Waals surface area contributed by atoms with Crippen molar-refractivity contribution < 1.29 is 23.9 Å². The van der Waals surface area contributed by atoms with Gasteiger partial charge in [0.05, 0.1) is 30.4 Å². The van der Waals surface area contributed by atoms with Crippen LogP contribution in [-0.2, 0) is 27.2 Å². The molecule has 2 aliphatic rings. The maximum absolute atomic E-state index is 13.2. The third-order valence-electron chi connectivity index (χ3n) is 6.43. The average Bonchev–Trinajstić information content (AvgIpc) is 3.44. The number of carbonyl (C=O) groups is 3. The minimum absolute atomic E-state index is 0.0583. The number of hydrogen-bond donors (Lipinski definition) is 3. The Morgan fingerprint density at radius 2 is 2.21 bits per heavy atom. The Kier molecular flexibility index (Phi) is 9.18. The number of hydrogen-bond acceptors (Lipinski definition) is 9. The highest BCUT2D eigenvalue weighted by Crippen LogP contribution is 2.28. The second-order valence-electron chi connectivity index (χ2n) is 9.08. The molecular formula is C26H31N7O5. The van der Waals surface area contributed by atoms with Crippen LogP contribution in [-0.4, -0.2) is 67.7 Å². The van der Waals surface area contributed by atoms with Crippen LogP contribution in [0.3, 0.4) is 0 Å². The molecule has 12 nitrogen and oxygen atoms in total. The summed E-state index contributed by atoms with van der Waals surface area (Å²) in [7, 11) is 1.58. The summed E-state index contributed by atoms with van der Waals surface area (Å²) in [5.74, 6) is 0.526. The van der Waals surface area contributed by atoms with Crippen molar-refractivity contribution >= 4 is 35.5 Å². The number of nitrogens with one attached hydrogen (secondary N) is 3. The van der Waals surface area contributed by atoms with Crippen molar-refractivity contribution in [3.63, 3.8) is 0 Å². The smallest absolute Gasteiger partial charge is 0.328 e. The second-order valence-corrected chi connectivity index (χ2v) is 9.08. The van der Waals surface area contributed by atoms with Gasteiger partial charge in [0, 0.05) is 51.2 Å². The zero-order valence-corrected chi connectivity index (χ0v) is 21.3. The maximum Gasteiger partial charge on any atom is 0.328 e. The van der Waals surface area contributed by atoms with E-state index in [-0.39, 0.29) is 36.5 Å². The van der Waals surface area contributed by atoms with Crippen molar-refractivity contribution in [3.05, 3.63) is 40.7 Å². The Morgan fingerprint density at radius 3 is 2.95 bits per heavy atom. The lowest BCUT2D eigenvalue weighted by Gasteiger charge is -2.29. The first-order valence-corrected chi connectivity index (χ1v) is 12.6. The molecule has 3 amide bonds. The van der Waals surface area contributed by atoms with E-state index in [1.807, 2.05) is 6.07 Å². The number of amides is 3. The van der Waals surface area contributed by atoms with Crippen molar-refractivity contribution in [2.45, 2.75) is 44.8 Å². The van der Waals surface area contributed by atoms with E-state index in [1.54, 1.807) is 13.2 Å². The van der Waals surface area contributed by atoms with Crippen molar-refractivity contribution in [2.75, 3.05) is 48.9 Å². The average molecular weight is 522 g/mol. The van der Waals surface area contributed by atoms with Gasteiger partial charge in [-0.3, -0.25) is 19.8 Å². The molecule has 200 valence electrons. The molecule has 4 rings (SSSR count). The first-order chi connectivity index (χ1) is 18.5.